The predicted octanol–water partition coefficient (Wildman–Crippen LogP) is 1.93. The fourth-order valence-corrected chi connectivity index (χ4v) is 2.15. The zero-order valence-corrected chi connectivity index (χ0v) is 8.76. The highest BCUT2D eigenvalue weighted by Gasteiger charge is 2.15. The third-order valence-corrected chi connectivity index (χ3v) is 3.14. The summed E-state index contributed by atoms with van der Waals surface area (Å²) in [6.07, 6.45) is 7.69. The Morgan fingerprint density at radius 1 is 1.38 bits per heavy atom. The summed E-state index contributed by atoms with van der Waals surface area (Å²) in [6.45, 7) is 3.66. The SMILES string of the molecule is CCC(CCO)NCC1CCCC1. The highest BCUT2D eigenvalue weighted by Crippen LogP contribution is 2.23. The Kier molecular flexibility index (Phi) is 5.40. The second kappa shape index (κ2) is 6.39. The molecule has 0 aromatic carbocycles. The molecule has 0 bridgehead atoms. The number of hydrogen-bond acceptors (Lipinski definition) is 2. The molecule has 1 saturated carbocycles. The van der Waals surface area contributed by atoms with Crippen LogP contribution in [0.2, 0.25) is 0 Å². The van der Waals surface area contributed by atoms with E-state index in [4.69, 9.17) is 5.11 Å². The number of aliphatic hydroxyl groups excluding tert-OH is 1. The summed E-state index contributed by atoms with van der Waals surface area (Å²) in [7, 11) is 0. The van der Waals surface area contributed by atoms with Gasteiger partial charge in [0.1, 0.15) is 0 Å². The molecule has 1 aliphatic rings. The van der Waals surface area contributed by atoms with Gasteiger partial charge in [0.05, 0.1) is 0 Å². The molecule has 0 amide bonds. The molecule has 0 aromatic heterocycles. The van der Waals surface area contributed by atoms with Gasteiger partial charge in [-0.2, -0.15) is 0 Å². The molecular weight excluding hydrogens is 162 g/mol. The number of aliphatic hydroxyl groups is 1. The molecule has 1 rings (SSSR count). The van der Waals surface area contributed by atoms with Gasteiger partial charge >= 0.3 is 0 Å². The van der Waals surface area contributed by atoms with E-state index < -0.39 is 0 Å². The third kappa shape index (κ3) is 4.10. The van der Waals surface area contributed by atoms with Crippen molar-refractivity contribution in [2.75, 3.05) is 13.2 Å². The lowest BCUT2D eigenvalue weighted by Gasteiger charge is -2.18. The Balaban J connectivity index is 2.07. The first-order valence-corrected chi connectivity index (χ1v) is 5.71. The Hall–Kier alpha value is -0.0800. The molecule has 0 aliphatic heterocycles. The van der Waals surface area contributed by atoms with Crippen molar-refractivity contribution in [2.45, 2.75) is 51.5 Å². The number of hydrogen-bond donors (Lipinski definition) is 2. The maximum Gasteiger partial charge on any atom is 0.0445 e. The quantitative estimate of drug-likeness (QED) is 0.662. The van der Waals surface area contributed by atoms with Crippen LogP contribution in [0.4, 0.5) is 0 Å². The van der Waals surface area contributed by atoms with Gasteiger partial charge in [-0.25, -0.2) is 0 Å². The van der Waals surface area contributed by atoms with Crippen LogP contribution in [0.15, 0.2) is 0 Å². The Morgan fingerprint density at radius 3 is 2.62 bits per heavy atom. The van der Waals surface area contributed by atoms with E-state index >= 15 is 0 Å². The van der Waals surface area contributed by atoms with Crippen LogP contribution in [0.1, 0.15) is 45.4 Å². The highest BCUT2D eigenvalue weighted by molar-refractivity contribution is 4.72. The maximum atomic E-state index is 8.82. The van der Waals surface area contributed by atoms with E-state index in [1.807, 2.05) is 0 Å². The largest absolute Gasteiger partial charge is 0.396 e. The van der Waals surface area contributed by atoms with Crippen molar-refractivity contribution in [1.82, 2.24) is 5.32 Å². The molecule has 0 radical (unpaired) electrons. The molecule has 2 heteroatoms. The molecule has 2 nitrogen and oxygen atoms in total. The molecule has 0 saturated heterocycles. The second-order valence-corrected chi connectivity index (χ2v) is 4.18. The van der Waals surface area contributed by atoms with Gasteiger partial charge < -0.3 is 10.4 Å². The Labute approximate surface area is 81.7 Å². The number of nitrogens with one attached hydrogen (secondary N) is 1. The first-order chi connectivity index (χ1) is 6.36. The zero-order valence-electron chi connectivity index (χ0n) is 8.76. The third-order valence-electron chi connectivity index (χ3n) is 3.14. The Morgan fingerprint density at radius 2 is 2.08 bits per heavy atom. The fraction of sp³-hybridized carbons (Fsp3) is 1.00. The van der Waals surface area contributed by atoms with Crippen molar-refractivity contribution in [3.05, 3.63) is 0 Å². The predicted molar refractivity (Wildman–Crippen MR) is 55.7 cm³/mol. The van der Waals surface area contributed by atoms with Gasteiger partial charge in [0, 0.05) is 12.6 Å². The monoisotopic (exact) mass is 185 g/mol. The summed E-state index contributed by atoms with van der Waals surface area (Å²) >= 11 is 0. The molecule has 1 fully saturated rings. The van der Waals surface area contributed by atoms with Gasteiger partial charge in [0.2, 0.25) is 0 Å². The van der Waals surface area contributed by atoms with Crippen molar-refractivity contribution in [3.63, 3.8) is 0 Å². The van der Waals surface area contributed by atoms with Gasteiger partial charge in [-0.3, -0.25) is 0 Å². The lowest BCUT2D eigenvalue weighted by molar-refractivity contribution is 0.259. The van der Waals surface area contributed by atoms with Crippen LogP contribution in [-0.4, -0.2) is 24.3 Å². The minimum absolute atomic E-state index is 0.316. The van der Waals surface area contributed by atoms with Crippen LogP contribution < -0.4 is 5.32 Å². The van der Waals surface area contributed by atoms with E-state index in [0.29, 0.717) is 12.6 Å². The summed E-state index contributed by atoms with van der Waals surface area (Å²) in [4.78, 5) is 0. The molecule has 1 unspecified atom stereocenters. The van der Waals surface area contributed by atoms with E-state index in [9.17, 15) is 0 Å². The summed E-state index contributed by atoms with van der Waals surface area (Å²) in [5.74, 6) is 0.910. The summed E-state index contributed by atoms with van der Waals surface area (Å²) in [5, 5.41) is 12.4. The first-order valence-electron chi connectivity index (χ1n) is 5.71. The van der Waals surface area contributed by atoms with Gasteiger partial charge in [-0.1, -0.05) is 19.8 Å². The second-order valence-electron chi connectivity index (χ2n) is 4.18. The molecule has 78 valence electrons. The van der Waals surface area contributed by atoms with Crippen LogP contribution in [0.5, 0.6) is 0 Å². The van der Waals surface area contributed by atoms with E-state index in [1.54, 1.807) is 0 Å². The van der Waals surface area contributed by atoms with Gasteiger partial charge in [-0.15, -0.1) is 0 Å². The van der Waals surface area contributed by atoms with Crippen molar-refractivity contribution >= 4 is 0 Å². The van der Waals surface area contributed by atoms with Gasteiger partial charge in [0.25, 0.3) is 0 Å². The zero-order chi connectivity index (χ0) is 9.52. The summed E-state index contributed by atoms with van der Waals surface area (Å²) < 4.78 is 0. The minimum Gasteiger partial charge on any atom is -0.396 e. The molecular formula is C11H23NO. The van der Waals surface area contributed by atoms with Crippen molar-refractivity contribution < 1.29 is 5.11 Å². The lowest BCUT2D eigenvalue weighted by Crippen LogP contribution is -2.33. The fourth-order valence-electron chi connectivity index (χ4n) is 2.15. The van der Waals surface area contributed by atoms with Crippen LogP contribution >= 0.6 is 0 Å². The maximum absolute atomic E-state index is 8.82. The van der Waals surface area contributed by atoms with E-state index in [2.05, 4.69) is 12.2 Å². The molecule has 0 spiro atoms. The van der Waals surface area contributed by atoms with Crippen LogP contribution in [0.25, 0.3) is 0 Å². The van der Waals surface area contributed by atoms with Crippen molar-refractivity contribution in [2.24, 2.45) is 5.92 Å². The molecule has 0 heterocycles. The van der Waals surface area contributed by atoms with Crippen LogP contribution in [-0.2, 0) is 0 Å². The average Bonchev–Trinajstić information content (AvgIpc) is 2.64. The number of rotatable bonds is 6. The molecule has 1 aliphatic carbocycles. The topological polar surface area (TPSA) is 32.3 Å². The summed E-state index contributed by atoms with van der Waals surface area (Å²) in [6, 6.07) is 0.533. The Bertz CT molecular complexity index is 121. The lowest BCUT2D eigenvalue weighted by atomic mass is 10.1. The van der Waals surface area contributed by atoms with Crippen molar-refractivity contribution in [1.29, 1.82) is 0 Å². The van der Waals surface area contributed by atoms with Gasteiger partial charge in [0.15, 0.2) is 0 Å². The smallest absolute Gasteiger partial charge is 0.0445 e. The molecule has 1 atom stereocenters. The van der Waals surface area contributed by atoms with E-state index in [-0.39, 0.29) is 0 Å². The van der Waals surface area contributed by atoms with E-state index in [0.717, 1.165) is 18.8 Å². The van der Waals surface area contributed by atoms with Crippen LogP contribution in [0, 0.1) is 5.92 Å². The van der Waals surface area contributed by atoms with Gasteiger partial charge in [-0.05, 0) is 38.1 Å². The average molecular weight is 185 g/mol. The minimum atomic E-state index is 0.316. The highest BCUT2D eigenvalue weighted by atomic mass is 16.3. The standard InChI is InChI=1S/C11H23NO/c1-2-11(7-8-13)12-9-10-5-3-4-6-10/h10-13H,2-9H2,1H3. The molecule has 0 aromatic rings. The van der Waals surface area contributed by atoms with Crippen molar-refractivity contribution in [3.8, 4) is 0 Å². The van der Waals surface area contributed by atoms with E-state index in [1.165, 1.54) is 32.2 Å². The molecule has 2 N–H and O–H groups in total. The normalized spacial score (nSPS) is 20.8. The molecule has 13 heavy (non-hydrogen) atoms. The first kappa shape index (κ1) is 11.0. The summed E-state index contributed by atoms with van der Waals surface area (Å²) in [5.41, 5.74) is 0. The van der Waals surface area contributed by atoms with Crippen LogP contribution in [0.3, 0.4) is 0 Å².